The van der Waals surface area contributed by atoms with Crippen LogP contribution in [0.4, 0.5) is 30.4 Å². The van der Waals surface area contributed by atoms with Gasteiger partial charge in [-0.25, -0.2) is 9.97 Å². The lowest BCUT2D eigenvalue weighted by atomic mass is 10.1. The number of nitrogens with one attached hydrogen (secondary N) is 1. The second-order valence-corrected chi connectivity index (χ2v) is 8.67. The Hall–Kier alpha value is -3.96. The van der Waals surface area contributed by atoms with Gasteiger partial charge in [-0.1, -0.05) is 18.3 Å². The third kappa shape index (κ3) is 6.43. The minimum Gasteiger partial charge on any atom is -0.491 e. The quantitative estimate of drug-likeness (QED) is 0.129. The van der Waals surface area contributed by atoms with Crippen molar-refractivity contribution < 1.29 is 27.4 Å². The lowest BCUT2D eigenvalue weighted by molar-refractivity contribution is -0.138. The van der Waals surface area contributed by atoms with E-state index < -0.39 is 11.7 Å². The van der Waals surface area contributed by atoms with Gasteiger partial charge in [-0.05, 0) is 53.9 Å². The maximum Gasteiger partial charge on any atom is 0.420 e. The van der Waals surface area contributed by atoms with Gasteiger partial charge in [-0.2, -0.15) is 13.2 Å². The molecule has 192 valence electrons. The van der Waals surface area contributed by atoms with Gasteiger partial charge in [-0.3, -0.25) is 0 Å². The van der Waals surface area contributed by atoms with Gasteiger partial charge >= 0.3 is 6.18 Å². The van der Waals surface area contributed by atoms with Crippen LogP contribution in [0.15, 0.2) is 77.8 Å². The molecule has 4 aromatic rings. The Kier molecular flexibility index (Phi) is 8.04. The molecular formula is C26H23F3N4O3S. The molecule has 3 N–H and O–H groups in total. The smallest absolute Gasteiger partial charge is 0.420 e. The van der Waals surface area contributed by atoms with E-state index in [1.807, 2.05) is 0 Å². The van der Waals surface area contributed by atoms with Crippen LogP contribution < -0.4 is 20.5 Å². The molecule has 0 saturated heterocycles. The van der Waals surface area contributed by atoms with Crippen LogP contribution in [0, 0.1) is 0 Å². The van der Waals surface area contributed by atoms with E-state index in [1.54, 1.807) is 42.8 Å². The maximum absolute atomic E-state index is 14.0. The highest BCUT2D eigenvalue weighted by Gasteiger charge is 2.35. The molecule has 1 aromatic heterocycles. The van der Waals surface area contributed by atoms with Crippen molar-refractivity contribution in [1.82, 2.24) is 9.97 Å². The van der Waals surface area contributed by atoms with Crippen LogP contribution in [-0.2, 0) is 10.9 Å². The molecular weight excluding hydrogens is 505 g/mol. The summed E-state index contributed by atoms with van der Waals surface area (Å²) >= 11 is 1.30. The summed E-state index contributed by atoms with van der Waals surface area (Å²) in [5.74, 6) is 0.703. The molecule has 0 spiro atoms. The lowest BCUT2D eigenvalue weighted by Crippen LogP contribution is -2.08. The lowest BCUT2D eigenvalue weighted by Gasteiger charge is -2.17. The molecule has 0 saturated carbocycles. The second-order valence-electron chi connectivity index (χ2n) is 7.66. The highest BCUT2D eigenvalue weighted by Crippen LogP contribution is 2.41. The van der Waals surface area contributed by atoms with Crippen LogP contribution in [-0.4, -0.2) is 30.3 Å². The van der Waals surface area contributed by atoms with E-state index in [0.29, 0.717) is 41.4 Å². The molecule has 0 fully saturated rings. The van der Waals surface area contributed by atoms with Crippen molar-refractivity contribution in [1.29, 1.82) is 0 Å². The SMILES string of the molecule is C=CSc1ccc(Oc2ccc(Nc3ncnc4ccc(OCCOC)cc34)cc2C(F)(F)F)cc1N. The molecule has 37 heavy (non-hydrogen) atoms. The van der Waals surface area contributed by atoms with Crippen molar-refractivity contribution in [2.45, 2.75) is 11.1 Å². The van der Waals surface area contributed by atoms with Gasteiger partial charge in [0.2, 0.25) is 0 Å². The molecule has 0 bridgehead atoms. The Morgan fingerprint density at radius 2 is 1.84 bits per heavy atom. The third-order valence-corrected chi connectivity index (χ3v) is 5.92. The Labute approximate surface area is 215 Å². The number of halogens is 3. The van der Waals surface area contributed by atoms with Crippen molar-refractivity contribution in [3.05, 3.63) is 78.5 Å². The number of anilines is 3. The van der Waals surface area contributed by atoms with Gasteiger partial charge in [0.15, 0.2) is 0 Å². The van der Waals surface area contributed by atoms with Crippen LogP contribution in [0.1, 0.15) is 5.56 Å². The number of nitrogen functional groups attached to an aromatic ring is 1. The van der Waals surface area contributed by atoms with Gasteiger partial charge in [0.05, 0.1) is 12.1 Å². The van der Waals surface area contributed by atoms with E-state index in [9.17, 15) is 13.2 Å². The zero-order valence-electron chi connectivity index (χ0n) is 19.7. The van der Waals surface area contributed by atoms with Crippen LogP contribution >= 0.6 is 11.8 Å². The van der Waals surface area contributed by atoms with Gasteiger partial charge in [0, 0.05) is 34.8 Å². The molecule has 4 rings (SSSR count). The average molecular weight is 529 g/mol. The van der Waals surface area contributed by atoms with Crippen molar-refractivity contribution >= 4 is 39.9 Å². The number of hydrogen-bond donors (Lipinski definition) is 2. The Morgan fingerprint density at radius 3 is 2.57 bits per heavy atom. The summed E-state index contributed by atoms with van der Waals surface area (Å²) in [6.07, 6.45) is -3.34. The summed E-state index contributed by atoms with van der Waals surface area (Å²) in [5.41, 5.74) is 6.16. The predicted molar refractivity (Wildman–Crippen MR) is 139 cm³/mol. The zero-order valence-corrected chi connectivity index (χ0v) is 20.5. The Bertz CT molecular complexity index is 1420. The summed E-state index contributed by atoms with van der Waals surface area (Å²) in [5, 5.41) is 5.15. The highest BCUT2D eigenvalue weighted by molar-refractivity contribution is 8.02. The standard InChI is InChI=1S/C26H23F3N4O3S/c1-3-37-24-9-6-18(14-21(24)30)36-23-8-4-16(12-20(23)26(27,28)29)33-25-19-13-17(35-11-10-34-2)5-7-22(19)31-15-32-25/h3-9,12-15H,1,10-11,30H2,2H3,(H,31,32,33). The first-order valence-corrected chi connectivity index (χ1v) is 11.9. The predicted octanol–water partition coefficient (Wildman–Crippen LogP) is 7.03. The number of aromatic nitrogens is 2. The minimum absolute atomic E-state index is 0.169. The van der Waals surface area contributed by atoms with E-state index in [2.05, 4.69) is 21.9 Å². The number of nitrogens with zero attached hydrogens (tertiary/aromatic N) is 2. The van der Waals surface area contributed by atoms with E-state index in [4.69, 9.17) is 19.9 Å². The van der Waals surface area contributed by atoms with E-state index in [-0.39, 0.29) is 17.2 Å². The number of benzene rings is 3. The molecule has 0 aliphatic carbocycles. The van der Waals surface area contributed by atoms with Gasteiger partial charge in [-0.15, -0.1) is 0 Å². The summed E-state index contributed by atoms with van der Waals surface area (Å²) < 4.78 is 58.1. The fraction of sp³-hybridized carbons (Fsp3) is 0.154. The molecule has 1 heterocycles. The molecule has 0 amide bonds. The number of ether oxygens (including phenoxy) is 3. The van der Waals surface area contributed by atoms with Gasteiger partial charge in [0.25, 0.3) is 0 Å². The molecule has 0 aliphatic rings. The largest absolute Gasteiger partial charge is 0.491 e. The van der Waals surface area contributed by atoms with E-state index in [0.717, 1.165) is 11.0 Å². The third-order valence-electron chi connectivity index (χ3n) is 5.13. The normalized spacial score (nSPS) is 11.4. The van der Waals surface area contributed by atoms with Crippen LogP contribution in [0.2, 0.25) is 0 Å². The monoisotopic (exact) mass is 528 g/mol. The molecule has 3 aromatic carbocycles. The summed E-state index contributed by atoms with van der Waals surface area (Å²) in [6.45, 7) is 4.38. The first kappa shape index (κ1) is 26.1. The van der Waals surface area contributed by atoms with Gasteiger partial charge in [0.1, 0.15) is 41.6 Å². The number of rotatable bonds is 10. The van der Waals surface area contributed by atoms with Crippen molar-refractivity contribution in [3.63, 3.8) is 0 Å². The maximum atomic E-state index is 14.0. The zero-order chi connectivity index (χ0) is 26.4. The van der Waals surface area contributed by atoms with Crippen molar-refractivity contribution in [2.75, 3.05) is 31.4 Å². The molecule has 0 unspecified atom stereocenters. The minimum atomic E-state index is -4.67. The Morgan fingerprint density at radius 1 is 1.03 bits per heavy atom. The summed E-state index contributed by atoms with van der Waals surface area (Å²) in [4.78, 5) is 9.16. The van der Waals surface area contributed by atoms with Crippen molar-refractivity contribution in [2.24, 2.45) is 0 Å². The van der Waals surface area contributed by atoms with Gasteiger partial charge < -0.3 is 25.3 Å². The topological polar surface area (TPSA) is 91.5 Å². The highest BCUT2D eigenvalue weighted by atomic mass is 32.2. The number of alkyl halides is 3. The first-order chi connectivity index (χ1) is 17.8. The fourth-order valence-electron chi connectivity index (χ4n) is 3.44. The molecule has 0 radical (unpaired) electrons. The fourth-order valence-corrected chi connectivity index (χ4v) is 3.96. The molecule has 0 aliphatic heterocycles. The molecule has 11 heteroatoms. The van der Waals surface area contributed by atoms with Crippen LogP contribution in [0.25, 0.3) is 10.9 Å². The average Bonchev–Trinajstić information content (AvgIpc) is 2.86. The van der Waals surface area contributed by atoms with E-state index in [1.165, 1.54) is 36.3 Å². The summed E-state index contributed by atoms with van der Waals surface area (Å²) in [7, 11) is 1.57. The number of hydrogen-bond acceptors (Lipinski definition) is 8. The van der Waals surface area contributed by atoms with Crippen LogP contribution in [0.3, 0.4) is 0 Å². The number of fused-ring (bicyclic) bond motifs is 1. The number of nitrogens with two attached hydrogens (primary N) is 1. The van der Waals surface area contributed by atoms with E-state index >= 15 is 0 Å². The number of methoxy groups -OCH3 is 1. The van der Waals surface area contributed by atoms with Crippen LogP contribution in [0.5, 0.6) is 17.2 Å². The Balaban J connectivity index is 1.63. The summed E-state index contributed by atoms with van der Waals surface area (Å²) in [6, 6.07) is 13.6. The second kappa shape index (κ2) is 11.4. The first-order valence-electron chi connectivity index (χ1n) is 11.0. The number of thioether (sulfide) groups is 1. The molecule has 0 atom stereocenters. The molecule has 7 nitrogen and oxygen atoms in total. The van der Waals surface area contributed by atoms with Crippen molar-refractivity contribution in [3.8, 4) is 17.2 Å².